The molecule has 0 aliphatic heterocycles. The second kappa shape index (κ2) is 8.47. The van der Waals surface area contributed by atoms with Gasteiger partial charge in [0.15, 0.2) is 6.29 Å². The molecule has 2 heteroatoms. The Labute approximate surface area is 143 Å². The molecule has 1 rings (SSSR count). The minimum absolute atomic E-state index is 0.281. The van der Waals surface area contributed by atoms with Crippen molar-refractivity contribution < 1.29 is 4.79 Å². The van der Waals surface area contributed by atoms with Crippen LogP contribution < -0.4 is 0 Å². The van der Waals surface area contributed by atoms with Gasteiger partial charge in [0.25, 0.3) is 0 Å². The zero-order chi connectivity index (χ0) is 16.8. The van der Waals surface area contributed by atoms with E-state index < -0.39 is 0 Å². The molecule has 0 saturated heterocycles. The van der Waals surface area contributed by atoms with Crippen LogP contribution in [0.1, 0.15) is 53.9 Å². The van der Waals surface area contributed by atoms with Gasteiger partial charge in [-0.1, -0.05) is 55.4 Å². The van der Waals surface area contributed by atoms with E-state index >= 15 is 0 Å². The summed E-state index contributed by atoms with van der Waals surface area (Å²) in [5.74, 6) is 0. The molecular weight excluding hydrogens is 336 g/mol. The van der Waals surface area contributed by atoms with E-state index in [2.05, 4.69) is 61.9 Å². The number of carbonyl (C=O) groups excluding carboxylic acids is 1. The zero-order valence-corrected chi connectivity index (χ0v) is 16.0. The van der Waals surface area contributed by atoms with E-state index in [1.54, 1.807) is 0 Å². The molecule has 0 aromatic rings. The molecule has 0 fully saturated rings. The van der Waals surface area contributed by atoms with Crippen LogP contribution >= 0.6 is 15.9 Å². The number of hydrogen-bond donors (Lipinski definition) is 0. The molecule has 120 valence electrons. The lowest BCUT2D eigenvalue weighted by Gasteiger charge is -2.32. The van der Waals surface area contributed by atoms with Crippen molar-refractivity contribution in [1.29, 1.82) is 0 Å². The maximum Gasteiger partial charge on any atom is 0.157 e. The summed E-state index contributed by atoms with van der Waals surface area (Å²) in [6.45, 7) is 10.9. The number of hydrogen-bond acceptors (Lipinski definition) is 1. The van der Waals surface area contributed by atoms with Gasteiger partial charge in [0.05, 0.1) is 4.48 Å². The quantitative estimate of drug-likeness (QED) is 0.312. The fourth-order valence-corrected chi connectivity index (χ4v) is 2.93. The van der Waals surface area contributed by atoms with E-state index in [9.17, 15) is 4.79 Å². The third-order valence-electron chi connectivity index (χ3n) is 4.24. The Balaban J connectivity index is 2.84. The largest absolute Gasteiger partial charge is 0.297 e. The second-order valence-corrected chi connectivity index (χ2v) is 7.54. The molecule has 1 aliphatic rings. The fraction of sp³-hybridized carbons (Fsp3) is 0.450. The van der Waals surface area contributed by atoms with E-state index in [1.807, 2.05) is 19.1 Å². The first-order valence-corrected chi connectivity index (χ1v) is 8.62. The highest BCUT2D eigenvalue weighted by molar-refractivity contribution is 9.12. The minimum atomic E-state index is 0.281. The van der Waals surface area contributed by atoms with E-state index in [0.717, 1.165) is 11.9 Å². The average Bonchev–Trinajstić information content (AvgIpc) is 2.45. The molecule has 22 heavy (non-hydrogen) atoms. The summed E-state index contributed by atoms with van der Waals surface area (Å²) in [5.41, 5.74) is 5.41. The van der Waals surface area contributed by atoms with Crippen LogP contribution in [0, 0.1) is 5.41 Å². The van der Waals surface area contributed by atoms with Crippen molar-refractivity contribution in [3.63, 3.8) is 0 Å². The number of carbonyl (C=O) groups is 1. The molecule has 0 bridgehead atoms. The highest BCUT2D eigenvalue weighted by Gasteiger charge is 2.26. The highest BCUT2D eigenvalue weighted by atomic mass is 79.9. The van der Waals surface area contributed by atoms with Gasteiger partial charge in [-0.15, -0.1) is 0 Å². The molecule has 0 atom stereocenters. The molecule has 0 N–H and O–H groups in total. The zero-order valence-electron chi connectivity index (χ0n) is 14.4. The van der Waals surface area contributed by atoms with Crippen molar-refractivity contribution in [2.45, 2.75) is 53.9 Å². The molecule has 0 spiro atoms. The molecular formula is C20H27BrO. The lowest BCUT2D eigenvalue weighted by molar-refractivity contribution is -0.104. The molecule has 0 amide bonds. The predicted molar refractivity (Wildman–Crippen MR) is 100 cm³/mol. The summed E-state index contributed by atoms with van der Waals surface area (Å²) in [7, 11) is 0. The third kappa shape index (κ3) is 5.57. The Morgan fingerprint density at radius 1 is 1.23 bits per heavy atom. The van der Waals surface area contributed by atoms with E-state index in [0.29, 0.717) is 4.48 Å². The molecule has 0 unspecified atom stereocenters. The summed E-state index contributed by atoms with van der Waals surface area (Å²) >= 11 is 3.23. The predicted octanol–water partition coefficient (Wildman–Crippen LogP) is 6.44. The molecule has 0 radical (unpaired) electrons. The van der Waals surface area contributed by atoms with Crippen LogP contribution in [0.4, 0.5) is 0 Å². The third-order valence-corrected chi connectivity index (χ3v) is 5.05. The molecule has 0 aromatic carbocycles. The fourth-order valence-electron chi connectivity index (χ4n) is 2.80. The van der Waals surface area contributed by atoms with Crippen molar-refractivity contribution in [1.82, 2.24) is 0 Å². The molecule has 1 nitrogen and oxygen atoms in total. The van der Waals surface area contributed by atoms with Crippen molar-refractivity contribution in [2.75, 3.05) is 0 Å². The van der Waals surface area contributed by atoms with Gasteiger partial charge in [0, 0.05) is 0 Å². The Morgan fingerprint density at radius 3 is 2.50 bits per heavy atom. The Morgan fingerprint density at radius 2 is 1.91 bits per heavy atom. The van der Waals surface area contributed by atoms with E-state index in [4.69, 9.17) is 0 Å². The smallest absolute Gasteiger partial charge is 0.157 e. The van der Waals surface area contributed by atoms with Crippen LogP contribution in [0.15, 0.2) is 57.2 Å². The van der Waals surface area contributed by atoms with Crippen LogP contribution in [0.2, 0.25) is 0 Å². The summed E-state index contributed by atoms with van der Waals surface area (Å²) in [6, 6.07) is 0. The minimum Gasteiger partial charge on any atom is -0.297 e. The Hall–Kier alpha value is -1.15. The summed E-state index contributed by atoms with van der Waals surface area (Å²) in [5, 5.41) is 0. The first-order valence-electron chi connectivity index (χ1n) is 7.83. The standard InChI is InChI=1S/C20H27BrO/c1-15(8-6-9-17(3)19(21)14-22)11-12-18-16(2)10-7-13-20(18,4)5/h6,8-9,11-12,14H,7,10,13H2,1-5H3. The van der Waals surface area contributed by atoms with Crippen molar-refractivity contribution >= 4 is 22.2 Å². The number of halogens is 1. The highest BCUT2D eigenvalue weighted by Crippen LogP contribution is 2.40. The van der Waals surface area contributed by atoms with Crippen LogP contribution in [-0.2, 0) is 4.79 Å². The maximum absolute atomic E-state index is 10.6. The van der Waals surface area contributed by atoms with E-state index in [1.165, 1.54) is 36.0 Å². The van der Waals surface area contributed by atoms with Crippen molar-refractivity contribution in [2.24, 2.45) is 5.41 Å². The molecule has 0 heterocycles. The normalized spacial score (nSPS) is 20.7. The van der Waals surface area contributed by atoms with Crippen molar-refractivity contribution in [3.05, 3.63) is 57.2 Å². The van der Waals surface area contributed by atoms with Gasteiger partial charge < -0.3 is 0 Å². The van der Waals surface area contributed by atoms with Crippen molar-refractivity contribution in [3.8, 4) is 0 Å². The molecule has 0 aromatic heterocycles. The maximum atomic E-state index is 10.6. The van der Waals surface area contributed by atoms with E-state index in [-0.39, 0.29) is 5.41 Å². The van der Waals surface area contributed by atoms with Gasteiger partial charge in [-0.05, 0) is 72.5 Å². The summed E-state index contributed by atoms with van der Waals surface area (Å²) in [6.07, 6.45) is 15.0. The first-order chi connectivity index (χ1) is 10.3. The second-order valence-electron chi connectivity index (χ2n) is 6.68. The number of allylic oxidation sites excluding steroid dienone is 10. The van der Waals surface area contributed by atoms with Gasteiger partial charge >= 0.3 is 0 Å². The summed E-state index contributed by atoms with van der Waals surface area (Å²) in [4.78, 5) is 10.6. The first kappa shape index (κ1) is 18.9. The lowest BCUT2D eigenvalue weighted by Crippen LogP contribution is -2.19. The topological polar surface area (TPSA) is 17.1 Å². The molecule has 0 saturated carbocycles. The number of aldehydes is 1. The Bertz CT molecular complexity index is 569. The van der Waals surface area contributed by atoms with Crippen LogP contribution in [0.5, 0.6) is 0 Å². The van der Waals surface area contributed by atoms with Crippen LogP contribution in [0.25, 0.3) is 0 Å². The summed E-state index contributed by atoms with van der Waals surface area (Å²) < 4.78 is 0.593. The van der Waals surface area contributed by atoms with Gasteiger partial charge in [0.2, 0.25) is 0 Å². The van der Waals surface area contributed by atoms with Crippen LogP contribution in [0.3, 0.4) is 0 Å². The van der Waals surface area contributed by atoms with Gasteiger partial charge in [0.1, 0.15) is 0 Å². The van der Waals surface area contributed by atoms with Crippen LogP contribution in [-0.4, -0.2) is 6.29 Å². The average molecular weight is 363 g/mol. The Kier molecular flexibility index (Phi) is 7.28. The monoisotopic (exact) mass is 362 g/mol. The van der Waals surface area contributed by atoms with Gasteiger partial charge in [-0.2, -0.15) is 0 Å². The number of rotatable bonds is 5. The lowest BCUT2D eigenvalue weighted by atomic mass is 9.72. The SMILES string of the molecule is CC(C=CC1=C(C)CCCC1(C)C)=CC=CC(C)=C(Br)C=O. The van der Waals surface area contributed by atoms with Gasteiger partial charge in [-0.25, -0.2) is 0 Å². The molecule has 1 aliphatic carbocycles. The van der Waals surface area contributed by atoms with Gasteiger partial charge in [-0.3, -0.25) is 4.79 Å².